The van der Waals surface area contributed by atoms with Crippen molar-refractivity contribution in [2.45, 2.75) is 26.2 Å². The van der Waals surface area contributed by atoms with Crippen LogP contribution < -0.4 is 5.73 Å². The van der Waals surface area contributed by atoms with Crippen LogP contribution in [-0.2, 0) is 11.2 Å². The number of carbonyl (C=O) groups excluding carboxylic acids is 1. The number of aryl methyl sites for hydroxylation is 1. The van der Waals surface area contributed by atoms with Crippen molar-refractivity contribution in [2.24, 2.45) is 0 Å². The number of Topliss-reactive ketones (excluding diaryl/α,β-unsaturated/α-hetero) is 1. The summed E-state index contributed by atoms with van der Waals surface area (Å²) in [6.45, 7) is 1.62. The smallest absolute Gasteiger partial charge is 0.129 e. The van der Waals surface area contributed by atoms with Gasteiger partial charge in [-0.15, -0.1) is 0 Å². The van der Waals surface area contributed by atoms with E-state index in [-0.39, 0.29) is 5.78 Å². The summed E-state index contributed by atoms with van der Waals surface area (Å²) in [4.78, 5) is 10.7. The molecule has 0 unspecified atom stereocenters. The zero-order valence-corrected chi connectivity index (χ0v) is 7.92. The molecule has 13 heavy (non-hydrogen) atoms. The van der Waals surface area contributed by atoms with Crippen molar-refractivity contribution in [2.75, 3.05) is 5.73 Å². The van der Waals surface area contributed by atoms with E-state index in [1.54, 1.807) is 6.92 Å². The quantitative estimate of drug-likeness (QED) is 0.716. The topological polar surface area (TPSA) is 43.1 Å². The maximum Gasteiger partial charge on any atom is 0.129 e. The Morgan fingerprint density at radius 2 is 2.23 bits per heavy atom. The molecule has 2 heteroatoms. The minimum Gasteiger partial charge on any atom is -0.399 e. The molecule has 1 aromatic rings. The van der Waals surface area contributed by atoms with Gasteiger partial charge in [0.1, 0.15) is 5.78 Å². The number of nitrogens with two attached hydrogens (primary N) is 1. The Bertz CT molecular complexity index is 294. The van der Waals surface area contributed by atoms with E-state index < -0.39 is 0 Å². The molecule has 2 N–H and O–H groups in total. The molecule has 0 bridgehead atoms. The number of nitrogen functional groups attached to an aromatic ring is 1. The van der Waals surface area contributed by atoms with Crippen LogP contribution in [0, 0.1) is 0 Å². The number of rotatable bonds is 4. The minimum atomic E-state index is 0.254. The minimum absolute atomic E-state index is 0.254. The van der Waals surface area contributed by atoms with Crippen LogP contribution in [0.1, 0.15) is 25.3 Å². The lowest BCUT2D eigenvalue weighted by molar-refractivity contribution is -0.117. The predicted octanol–water partition coefficient (Wildman–Crippen LogP) is 2.18. The zero-order valence-electron chi connectivity index (χ0n) is 7.92. The van der Waals surface area contributed by atoms with Crippen LogP contribution in [0.3, 0.4) is 0 Å². The summed E-state index contributed by atoms with van der Waals surface area (Å²) >= 11 is 0. The molecule has 1 rings (SSSR count). The molecule has 0 fully saturated rings. The lowest BCUT2D eigenvalue weighted by Gasteiger charge is -2.00. The molecule has 70 valence electrons. The van der Waals surface area contributed by atoms with Gasteiger partial charge in [-0.05, 0) is 37.5 Å². The molecule has 0 amide bonds. The Balaban J connectivity index is 2.41. The molecular weight excluding hydrogens is 162 g/mol. The normalized spacial score (nSPS) is 9.92. The second kappa shape index (κ2) is 4.65. The highest BCUT2D eigenvalue weighted by atomic mass is 16.1. The molecule has 0 aliphatic heterocycles. The van der Waals surface area contributed by atoms with Crippen molar-refractivity contribution in [3.8, 4) is 0 Å². The van der Waals surface area contributed by atoms with Crippen LogP contribution in [0.25, 0.3) is 0 Å². The van der Waals surface area contributed by atoms with Gasteiger partial charge < -0.3 is 10.5 Å². The Hall–Kier alpha value is -1.31. The maximum absolute atomic E-state index is 10.7. The number of hydrogen-bond acceptors (Lipinski definition) is 2. The summed E-state index contributed by atoms with van der Waals surface area (Å²) in [5.41, 5.74) is 7.62. The first-order valence-corrected chi connectivity index (χ1v) is 4.52. The molecular formula is C11H15NO. The van der Waals surface area contributed by atoms with Crippen LogP contribution in [0.15, 0.2) is 24.3 Å². The first-order chi connectivity index (χ1) is 6.18. The third kappa shape index (κ3) is 3.74. The molecule has 0 saturated carbocycles. The predicted molar refractivity (Wildman–Crippen MR) is 54.5 cm³/mol. The van der Waals surface area contributed by atoms with E-state index in [2.05, 4.69) is 0 Å². The molecule has 0 saturated heterocycles. The third-order valence-electron chi connectivity index (χ3n) is 1.95. The van der Waals surface area contributed by atoms with E-state index in [0.717, 1.165) is 18.5 Å². The molecule has 0 atom stereocenters. The average molecular weight is 177 g/mol. The van der Waals surface area contributed by atoms with E-state index in [0.29, 0.717) is 6.42 Å². The fourth-order valence-electron chi connectivity index (χ4n) is 1.29. The van der Waals surface area contributed by atoms with Gasteiger partial charge in [-0.3, -0.25) is 0 Å². The molecule has 1 aromatic carbocycles. The van der Waals surface area contributed by atoms with E-state index in [9.17, 15) is 4.79 Å². The Labute approximate surface area is 78.8 Å². The summed E-state index contributed by atoms with van der Waals surface area (Å²) in [6, 6.07) is 7.81. The molecule has 0 radical (unpaired) electrons. The van der Waals surface area contributed by atoms with Gasteiger partial charge in [0.25, 0.3) is 0 Å². The number of carbonyl (C=O) groups is 1. The summed E-state index contributed by atoms with van der Waals surface area (Å²) in [6.07, 6.45) is 2.51. The van der Waals surface area contributed by atoms with E-state index >= 15 is 0 Å². The van der Waals surface area contributed by atoms with Crippen LogP contribution >= 0.6 is 0 Å². The standard InChI is InChI=1S/C11H15NO/c1-9(13)4-2-5-10-6-3-7-11(12)8-10/h3,6-8H,2,4-5,12H2,1H3. The lowest BCUT2D eigenvalue weighted by atomic mass is 10.1. The van der Waals surface area contributed by atoms with Gasteiger partial charge in [0.05, 0.1) is 0 Å². The van der Waals surface area contributed by atoms with Crippen molar-refractivity contribution < 1.29 is 4.79 Å². The van der Waals surface area contributed by atoms with Gasteiger partial charge in [-0.2, -0.15) is 0 Å². The van der Waals surface area contributed by atoms with Gasteiger partial charge in [0.2, 0.25) is 0 Å². The van der Waals surface area contributed by atoms with Crippen LogP contribution in [0.5, 0.6) is 0 Å². The summed E-state index contributed by atoms with van der Waals surface area (Å²) in [7, 11) is 0. The highest BCUT2D eigenvalue weighted by molar-refractivity contribution is 5.75. The van der Waals surface area contributed by atoms with E-state index in [1.165, 1.54) is 5.56 Å². The number of hydrogen-bond donors (Lipinski definition) is 1. The first kappa shape index (κ1) is 9.78. The van der Waals surface area contributed by atoms with Gasteiger partial charge in [-0.25, -0.2) is 0 Å². The number of benzene rings is 1. The molecule has 0 aliphatic rings. The molecule has 0 aromatic heterocycles. The van der Waals surface area contributed by atoms with Crippen molar-refractivity contribution in [1.82, 2.24) is 0 Å². The van der Waals surface area contributed by atoms with Gasteiger partial charge >= 0.3 is 0 Å². The SMILES string of the molecule is CC(=O)CCCc1cccc(N)c1. The lowest BCUT2D eigenvalue weighted by Crippen LogP contribution is -1.93. The summed E-state index contributed by atoms with van der Waals surface area (Å²) in [5.74, 6) is 0.254. The van der Waals surface area contributed by atoms with Gasteiger partial charge in [-0.1, -0.05) is 12.1 Å². The average Bonchev–Trinajstić information content (AvgIpc) is 2.03. The first-order valence-electron chi connectivity index (χ1n) is 4.52. The van der Waals surface area contributed by atoms with E-state index in [4.69, 9.17) is 5.73 Å². The van der Waals surface area contributed by atoms with Crippen molar-refractivity contribution in [3.63, 3.8) is 0 Å². The van der Waals surface area contributed by atoms with Crippen molar-refractivity contribution in [1.29, 1.82) is 0 Å². The monoisotopic (exact) mass is 177 g/mol. The van der Waals surface area contributed by atoms with Crippen LogP contribution in [-0.4, -0.2) is 5.78 Å². The number of anilines is 1. The van der Waals surface area contributed by atoms with E-state index in [1.807, 2.05) is 24.3 Å². The Morgan fingerprint density at radius 1 is 1.46 bits per heavy atom. The van der Waals surface area contributed by atoms with Gasteiger partial charge in [0, 0.05) is 12.1 Å². The fraction of sp³-hybridized carbons (Fsp3) is 0.364. The Kier molecular flexibility index (Phi) is 3.50. The van der Waals surface area contributed by atoms with Crippen molar-refractivity contribution in [3.05, 3.63) is 29.8 Å². The third-order valence-corrected chi connectivity index (χ3v) is 1.95. The van der Waals surface area contributed by atoms with Crippen LogP contribution in [0.4, 0.5) is 5.69 Å². The zero-order chi connectivity index (χ0) is 9.68. The Morgan fingerprint density at radius 3 is 2.85 bits per heavy atom. The van der Waals surface area contributed by atoms with Crippen molar-refractivity contribution >= 4 is 11.5 Å². The summed E-state index contributed by atoms with van der Waals surface area (Å²) in [5, 5.41) is 0. The van der Waals surface area contributed by atoms with Gasteiger partial charge in [0.15, 0.2) is 0 Å². The highest BCUT2D eigenvalue weighted by Crippen LogP contribution is 2.09. The van der Waals surface area contributed by atoms with Crippen LogP contribution in [0.2, 0.25) is 0 Å². The second-order valence-corrected chi connectivity index (χ2v) is 3.30. The molecule has 0 spiro atoms. The second-order valence-electron chi connectivity index (χ2n) is 3.30. The maximum atomic E-state index is 10.7. The summed E-state index contributed by atoms with van der Waals surface area (Å²) < 4.78 is 0. The highest BCUT2D eigenvalue weighted by Gasteiger charge is 1.96. The molecule has 0 aliphatic carbocycles. The molecule has 0 heterocycles. The molecule has 2 nitrogen and oxygen atoms in total. The number of ketones is 1. The fourth-order valence-corrected chi connectivity index (χ4v) is 1.29. The largest absolute Gasteiger partial charge is 0.399 e.